The van der Waals surface area contributed by atoms with Crippen LogP contribution >= 0.6 is 11.8 Å². The summed E-state index contributed by atoms with van der Waals surface area (Å²) in [4.78, 5) is 22.4. The van der Waals surface area contributed by atoms with Gasteiger partial charge in [0, 0.05) is 21.1 Å². The van der Waals surface area contributed by atoms with E-state index < -0.39 is 17.5 Å². The van der Waals surface area contributed by atoms with Crippen molar-refractivity contribution in [2.75, 3.05) is 20.8 Å². The van der Waals surface area contributed by atoms with E-state index >= 15 is 0 Å². The van der Waals surface area contributed by atoms with Crippen LogP contribution in [-0.4, -0.2) is 49.4 Å². The number of hydrogen-bond acceptors (Lipinski definition) is 6. The van der Waals surface area contributed by atoms with E-state index in [-0.39, 0.29) is 11.0 Å². The third-order valence-corrected chi connectivity index (χ3v) is 3.32. The molecule has 0 aliphatic carbocycles. The van der Waals surface area contributed by atoms with Crippen LogP contribution in [-0.2, 0) is 23.8 Å². The molecule has 5 nitrogen and oxygen atoms in total. The smallest absolute Gasteiger partial charge is 0.304 e. The Labute approximate surface area is 92.4 Å². The fourth-order valence-electron chi connectivity index (χ4n) is 1.41. The van der Waals surface area contributed by atoms with Crippen LogP contribution in [0.25, 0.3) is 0 Å². The Bertz CT molecular complexity index is 255. The van der Waals surface area contributed by atoms with E-state index in [0.717, 1.165) is 0 Å². The van der Waals surface area contributed by atoms with Crippen LogP contribution in [0, 0.1) is 0 Å². The maximum absolute atomic E-state index is 11.7. The van der Waals surface area contributed by atoms with Crippen LogP contribution in [0.2, 0.25) is 0 Å². The summed E-state index contributed by atoms with van der Waals surface area (Å²) in [5, 5.41) is -0.114. The van der Waals surface area contributed by atoms with Gasteiger partial charge in [-0.2, -0.15) is 0 Å². The second kappa shape index (κ2) is 5.48. The molecule has 1 aliphatic rings. The molecule has 0 saturated carbocycles. The lowest BCUT2D eigenvalue weighted by Gasteiger charge is -2.13. The summed E-state index contributed by atoms with van der Waals surface area (Å²) >= 11 is 1.26. The van der Waals surface area contributed by atoms with Crippen LogP contribution in [0.5, 0.6) is 0 Å². The van der Waals surface area contributed by atoms with Gasteiger partial charge in [0.1, 0.15) is 6.10 Å². The number of esters is 1. The lowest BCUT2D eigenvalue weighted by molar-refractivity contribution is -0.150. The molecule has 0 amide bonds. The first kappa shape index (κ1) is 12.5. The second-order valence-electron chi connectivity index (χ2n) is 3.13. The minimum absolute atomic E-state index is 0.114. The molecule has 86 valence electrons. The fourth-order valence-corrected chi connectivity index (χ4v) is 2.79. The Morgan fingerprint density at radius 2 is 2.13 bits per heavy atom. The summed E-state index contributed by atoms with van der Waals surface area (Å²) < 4.78 is 14.9. The van der Waals surface area contributed by atoms with E-state index in [9.17, 15) is 9.59 Å². The van der Waals surface area contributed by atoms with Gasteiger partial charge in [-0.1, -0.05) is 0 Å². The Balaban J connectivity index is 2.64. The molecule has 1 heterocycles. The number of hydrogen-bond donors (Lipinski definition) is 0. The van der Waals surface area contributed by atoms with E-state index in [4.69, 9.17) is 14.2 Å². The molecule has 0 aromatic rings. The molecular weight excluding hydrogens is 220 g/mol. The molecule has 0 bridgehead atoms. The predicted molar refractivity (Wildman–Crippen MR) is 54.6 cm³/mol. The van der Waals surface area contributed by atoms with Crippen molar-refractivity contribution in [3.8, 4) is 0 Å². The molecular formula is C9H14O5S. The van der Waals surface area contributed by atoms with E-state index in [1.807, 2.05) is 0 Å². The molecule has 1 unspecified atom stereocenters. The standard InChI is InChI=1S/C9H14O5S/c1-5(10)14-9-7(11)8(13-3)6(15-9)4-12-2/h6,8-9H,4H2,1-3H3/t6-,8-,9?/m1/s1. The van der Waals surface area contributed by atoms with Crippen molar-refractivity contribution in [1.29, 1.82) is 0 Å². The molecule has 1 aliphatic heterocycles. The number of carbonyl (C=O) groups is 2. The number of Topliss-reactive ketones (excluding diaryl/α,β-unsaturated/α-hetero) is 1. The number of methoxy groups -OCH3 is 2. The molecule has 0 spiro atoms. The zero-order valence-electron chi connectivity index (χ0n) is 8.89. The minimum Gasteiger partial charge on any atom is -0.443 e. The van der Waals surface area contributed by atoms with Crippen molar-refractivity contribution in [3.63, 3.8) is 0 Å². The second-order valence-corrected chi connectivity index (χ2v) is 4.44. The quantitative estimate of drug-likeness (QED) is 0.648. The van der Waals surface area contributed by atoms with Crippen LogP contribution in [0.4, 0.5) is 0 Å². The van der Waals surface area contributed by atoms with Gasteiger partial charge in [-0.3, -0.25) is 9.59 Å². The van der Waals surface area contributed by atoms with E-state index in [1.165, 1.54) is 25.8 Å². The summed E-state index contributed by atoms with van der Waals surface area (Å²) in [6.07, 6.45) is -0.556. The van der Waals surface area contributed by atoms with Crippen LogP contribution < -0.4 is 0 Å². The zero-order valence-corrected chi connectivity index (χ0v) is 9.71. The topological polar surface area (TPSA) is 61.8 Å². The van der Waals surface area contributed by atoms with Crippen molar-refractivity contribution in [3.05, 3.63) is 0 Å². The van der Waals surface area contributed by atoms with Gasteiger partial charge in [-0.05, 0) is 0 Å². The van der Waals surface area contributed by atoms with E-state index in [2.05, 4.69) is 0 Å². The molecule has 0 radical (unpaired) electrons. The summed E-state index contributed by atoms with van der Waals surface area (Å²) in [7, 11) is 3.01. The van der Waals surface area contributed by atoms with Gasteiger partial charge in [0.25, 0.3) is 0 Å². The molecule has 15 heavy (non-hydrogen) atoms. The fraction of sp³-hybridized carbons (Fsp3) is 0.778. The average Bonchev–Trinajstić information content (AvgIpc) is 2.43. The maximum Gasteiger partial charge on any atom is 0.304 e. The molecule has 1 saturated heterocycles. The Morgan fingerprint density at radius 3 is 2.60 bits per heavy atom. The number of carbonyl (C=O) groups excluding carboxylic acids is 2. The van der Waals surface area contributed by atoms with Gasteiger partial charge in [-0.25, -0.2) is 0 Å². The highest BCUT2D eigenvalue weighted by Crippen LogP contribution is 2.33. The monoisotopic (exact) mass is 234 g/mol. The lowest BCUT2D eigenvalue weighted by atomic mass is 10.2. The van der Waals surface area contributed by atoms with Crippen molar-refractivity contribution >= 4 is 23.5 Å². The molecule has 0 aromatic carbocycles. The highest BCUT2D eigenvalue weighted by molar-refractivity contribution is 8.01. The first-order chi connectivity index (χ1) is 7.10. The Kier molecular flexibility index (Phi) is 4.56. The Morgan fingerprint density at radius 1 is 1.47 bits per heavy atom. The average molecular weight is 234 g/mol. The van der Waals surface area contributed by atoms with Crippen LogP contribution in [0.3, 0.4) is 0 Å². The van der Waals surface area contributed by atoms with Gasteiger partial charge in [-0.15, -0.1) is 11.8 Å². The van der Waals surface area contributed by atoms with Gasteiger partial charge in [0.05, 0.1) is 11.9 Å². The third kappa shape index (κ3) is 2.93. The SMILES string of the molecule is COC[C@H]1SC(OC(C)=O)C(=O)[C@@H]1OC. The van der Waals surface area contributed by atoms with Crippen molar-refractivity contribution in [1.82, 2.24) is 0 Å². The number of ketones is 1. The van der Waals surface area contributed by atoms with Crippen molar-refractivity contribution < 1.29 is 23.8 Å². The molecule has 6 heteroatoms. The Hall–Kier alpha value is -0.590. The van der Waals surface area contributed by atoms with Crippen LogP contribution in [0.1, 0.15) is 6.92 Å². The van der Waals surface area contributed by atoms with E-state index in [0.29, 0.717) is 6.61 Å². The predicted octanol–water partition coefficient (Wildman–Crippen LogP) is 0.222. The minimum atomic E-state index is -0.757. The number of thioether (sulfide) groups is 1. The van der Waals surface area contributed by atoms with Gasteiger partial charge >= 0.3 is 5.97 Å². The number of rotatable bonds is 4. The largest absolute Gasteiger partial charge is 0.443 e. The van der Waals surface area contributed by atoms with Gasteiger partial charge in [0.15, 0.2) is 0 Å². The third-order valence-electron chi connectivity index (χ3n) is 2.01. The van der Waals surface area contributed by atoms with Crippen molar-refractivity contribution in [2.45, 2.75) is 23.7 Å². The summed E-state index contributed by atoms with van der Waals surface area (Å²) in [6.45, 7) is 1.67. The summed E-state index contributed by atoms with van der Waals surface area (Å²) in [5.41, 5.74) is -0.757. The lowest BCUT2D eigenvalue weighted by Crippen LogP contribution is -2.32. The summed E-state index contributed by atoms with van der Waals surface area (Å²) in [5.74, 6) is -0.673. The highest BCUT2D eigenvalue weighted by Gasteiger charge is 2.45. The van der Waals surface area contributed by atoms with Gasteiger partial charge < -0.3 is 14.2 Å². The van der Waals surface area contributed by atoms with Crippen molar-refractivity contribution in [2.24, 2.45) is 0 Å². The van der Waals surface area contributed by atoms with Crippen LogP contribution in [0.15, 0.2) is 0 Å². The molecule has 1 fully saturated rings. The molecule has 3 atom stereocenters. The first-order valence-electron chi connectivity index (χ1n) is 4.48. The van der Waals surface area contributed by atoms with Gasteiger partial charge in [0.2, 0.25) is 11.2 Å². The molecule has 0 N–H and O–H groups in total. The highest BCUT2D eigenvalue weighted by atomic mass is 32.2. The maximum atomic E-state index is 11.7. The molecule has 0 aromatic heterocycles. The first-order valence-corrected chi connectivity index (χ1v) is 5.42. The van der Waals surface area contributed by atoms with E-state index in [1.54, 1.807) is 7.11 Å². The summed E-state index contributed by atoms with van der Waals surface area (Å²) in [6, 6.07) is 0. The number of ether oxygens (including phenoxy) is 3. The normalized spacial score (nSPS) is 30.6. The molecule has 1 rings (SSSR count). The zero-order chi connectivity index (χ0) is 11.4.